The number of nitrogens with zero attached hydrogens (tertiary/aromatic N) is 3. The SMILES string of the molecule is O=c1ncc(CN2CCOc3c(Cl)cc(-n4ccc5cc(F)ccc54)cc3C2)c[nH]1. The number of aromatic amines is 1. The average molecular weight is 425 g/mol. The molecule has 2 aromatic carbocycles. The van der Waals surface area contributed by atoms with Crippen molar-refractivity contribution in [3.63, 3.8) is 0 Å². The Bertz CT molecular complexity index is 1280. The highest BCUT2D eigenvalue weighted by molar-refractivity contribution is 6.32. The van der Waals surface area contributed by atoms with Crippen LogP contribution in [0.25, 0.3) is 16.6 Å². The summed E-state index contributed by atoms with van der Waals surface area (Å²) < 4.78 is 21.5. The van der Waals surface area contributed by atoms with Gasteiger partial charge in [-0.15, -0.1) is 0 Å². The van der Waals surface area contributed by atoms with E-state index in [4.69, 9.17) is 16.3 Å². The van der Waals surface area contributed by atoms with Crippen molar-refractivity contribution in [1.82, 2.24) is 19.4 Å². The number of fused-ring (bicyclic) bond motifs is 2. The molecule has 8 heteroatoms. The van der Waals surface area contributed by atoms with E-state index >= 15 is 0 Å². The zero-order chi connectivity index (χ0) is 20.7. The highest BCUT2D eigenvalue weighted by Gasteiger charge is 2.20. The summed E-state index contributed by atoms with van der Waals surface area (Å²) in [6, 6.07) is 10.5. The standard InChI is InChI=1S/C22H18ClFN4O2/c23-19-9-18(28-4-3-15-7-17(24)1-2-20(15)28)8-16-13-27(5-6-30-21(16)19)12-14-10-25-22(29)26-11-14/h1-4,7-11H,5-6,12-13H2,(H,25,26,29). The fraction of sp³-hybridized carbons (Fsp3) is 0.182. The summed E-state index contributed by atoms with van der Waals surface area (Å²) in [6.07, 6.45) is 5.17. The van der Waals surface area contributed by atoms with Crippen molar-refractivity contribution >= 4 is 22.5 Å². The third-order valence-electron chi connectivity index (χ3n) is 5.22. The van der Waals surface area contributed by atoms with Crippen LogP contribution in [0.15, 0.2) is 59.8 Å². The molecule has 0 amide bonds. The maximum atomic E-state index is 13.6. The Hall–Kier alpha value is -3.16. The van der Waals surface area contributed by atoms with Crippen LogP contribution in [0.4, 0.5) is 4.39 Å². The minimum Gasteiger partial charge on any atom is -0.490 e. The largest absolute Gasteiger partial charge is 0.490 e. The van der Waals surface area contributed by atoms with Crippen LogP contribution in [-0.4, -0.2) is 32.6 Å². The molecule has 152 valence electrons. The summed E-state index contributed by atoms with van der Waals surface area (Å²) in [7, 11) is 0. The molecule has 3 heterocycles. The van der Waals surface area contributed by atoms with Crippen molar-refractivity contribution in [2.45, 2.75) is 13.1 Å². The van der Waals surface area contributed by atoms with Crippen molar-refractivity contribution < 1.29 is 9.13 Å². The van der Waals surface area contributed by atoms with Crippen molar-refractivity contribution in [2.75, 3.05) is 13.2 Å². The molecule has 0 fully saturated rings. The molecule has 0 saturated heterocycles. The molecule has 1 aliphatic heterocycles. The van der Waals surface area contributed by atoms with Crippen LogP contribution < -0.4 is 10.4 Å². The number of ether oxygens (including phenoxy) is 1. The van der Waals surface area contributed by atoms with Gasteiger partial charge in [0.1, 0.15) is 18.2 Å². The molecule has 0 bridgehead atoms. The number of rotatable bonds is 3. The molecular weight excluding hydrogens is 407 g/mol. The predicted octanol–water partition coefficient (Wildman–Crippen LogP) is 3.90. The maximum absolute atomic E-state index is 13.6. The summed E-state index contributed by atoms with van der Waals surface area (Å²) in [5.41, 5.74) is 3.31. The Labute approximate surface area is 176 Å². The molecule has 0 radical (unpaired) electrons. The van der Waals surface area contributed by atoms with Crippen LogP contribution in [0, 0.1) is 5.82 Å². The van der Waals surface area contributed by atoms with E-state index in [2.05, 4.69) is 14.9 Å². The highest BCUT2D eigenvalue weighted by Crippen LogP contribution is 2.35. The van der Waals surface area contributed by atoms with Crippen molar-refractivity contribution in [3.8, 4) is 11.4 Å². The molecule has 0 saturated carbocycles. The Balaban J connectivity index is 1.50. The molecule has 4 aromatic rings. The average Bonchev–Trinajstić information content (AvgIpc) is 3.02. The lowest BCUT2D eigenvalue weighted by Gasteiger charge is -2.19. The Morgan fingerprint density at radius 1 is 1.23 bits per heavy atom. The normalized spacial score (nSPS) is 14.3. The van der Waals surface area contributed by atoms with Gasteiger partial charge in [-0.25, -0.2) is 14.2 Å². The minimum atomic E-state index is -0.362. The number of aromatic nitrogens is 3. The van der Waals surface area contributed by atoms with Crippen LogP contribution in [0.3, 0.4) is 0 Å². The predicted molar refractivity (Wildman–Crippen MR) is 113 cm³/mol. The van der Waals surface area contributed by atoms with Gasteiger partial charge >= 0.3 is 5.69 Å². The number of hydrogen-bond acceptors (Lipinski definition) is 4. The molecule has 0 spiro atoms. The molecule has 0 unspecified atom stereocenters. The molecule has 1 aliphatic rings. The Kier molecular flexibility index (Phi) is 4.77. The molecule has 2 aromatic heterocycles. The smallest absolute Gasteiger partial charge is 0.344 e. The molecule has 30 heavy (non-hydrogen) atoms. The van der Waals surface area contributed by atoms with Crippen molar-refractivity contribution in [3.05, 3.63) is 87.4 Å². The van der Waals surface area contributed by atoms with Gasteiger partial charge in [0.15, 0.2) is 0 Å². The molecule has 6 nitrogen and oxygen atoms in total. The van der Waals surface area contributed by atoms with Crippen molar-refractivity contribution in [2.24, 2.45) is 0 Å². The third-order valence-corrected chi connectivity index (χ3v) is 5.50. The Morgan fingerprint density at radius 3 is 2.97 bits per heavy atom. The quantitative estimate of drug-likeness (QED) is 0.541. The van der Waals surface area contributed by atoms with Gasteiger partial charge in [0.25, 0.3) is 0 Å². The number of benzene rings is 2. The van der Waals surface area contributed by atoms with Gasteiger partial charge in [0, 0.05) is 60.4 Å². The first kappa shape index (κ1) is 18.8. The molecule has 0 aliphatic carbocycles. The second kappa shape index (κ2) is 7.59. The van der Waals surface area contributed by atoms with Gasteiger partial charge in [0.05, 0.1) is 10.5 Å². The number of H-pyrrole nitrogens is 1. The van der Waals surface area contributed by atoms with Gasteiger partial charge in [-0.1, -0.05) is 11.6 Å². The first-order valence-electron chi connectivity index (χ1n) is 9.55. The van der Waals surface area contributed by atoms with E-state index in [1.807, 2.05) is 29.0 Å². The van der Waals surface area contributed by atoms with Crippen LogP contribution in [0.2, 0.25) is 5.02 Å². The maximum Gasteiger partial charge on any atom is 0.344 e. The summed E-state index contributed by atoms with van der Waals surface area (Å²) in [5.74, 6) is 0.422. The number of nitrogens with one attached hydrogen (secondary N) is 1. The molecule has 5 rings (SSSR count). The van der Waals surface area contributed by atoms with Crippen LogP contribution in [0.1, 0.15) is 11.1 Å². The van der Waals surface area contributed by atoms with E-state index in [-0.39, 0.29) is 11.5 Å². The minimum absolute atomic E-state index is 0.263. The summed E-state index contributed by atoms with van der Waals surface area (Å²) >= 11 is 6.57. The van der Waals surface area contributed by atoms with Crippen molar-refractivity contribution in [1.29, 1.82) is 0 Å². The van der Waals surface area contributed by atoms with Gasteiger partial charge in [0.2, 0.25) is 0 Å². The highest BCUT2D eigenvalue weighted by atomic mass is 35.5. The summed E-state index contributed by atoms with van der Waals surface area (Å²) in [4.78, 5) is 19.8. The monoisotopic (exact) mass is 424 g/mol. The van der Waals surface area contributed by atoms with Crippen LogP contribution >= 0.6 is 11.6 Å². The molecular formula is C22H18ClFN4O2. The van der Waals surface area contributed by atoms with Gasteiger partial charge < -0.3 is 14.3 Å². The van der Waals surface area contributed by atoms with E-state index in [9.17, 15) is 9.18 Å². The second-order valence-electron chi connectivity index (χ2n) is 7.29. The first-order valence-corrected chi connectivity index (χ1v) is 9.93. The van der Waals surface area contributed by atoms with E-state index in [0.717, 1.165) is 27.7 Å². The number of hydrogen-bond donors (Lipinski definition) is 1. The lowest BCUT2D eigenvalue weighted by molar-refractivity contribution is 0.219. The van der Waals surface area contributed by atoms with E-state index in [1.165, 1.54) is 12.1 Å². The second-order valence-corrected chi connectivity index (χ2v) is 7.70. The number of halogens is 2. The zero-order valence-electron chi connectivity index (χ0n) is 15.9. The van der Waals surface area contributed by atoms with Crippen LogP contribution in [0.5, 0.6) is 5.75 Å². The Morgan fingerprint density at radius 2 is 2.13 bits per heavy atom. The third kappa shape index (κ3) is 3.58. The molecule has 0 atom stereocenters. The van der Waals surface area contributed by atoms with E-state index < -0.39 is 0 Å². The lowest BCUT2D eigenvalue weighted by atomic mass is 10.1. The molecule has 1 N–H and O–H groups in total. The van der Waals surface area contributed by atoms with Gasteiger partial charge in [-0.3, -0.25) is 4.90 Å². The van der Waals surface area contributed by atoms with Gasteiger partial charge in [-0.05, 0) is 36.4 Å². The van der Waals surface area contributed by atoms with E-state index in [1.54, 1.807) is 18.5 Å². The summed E-state index contributed by atoms with van der Waals surface area (Å²) in [6.45, 7) is 2.48. The fourth-order valence-corrected chi connectivity index (χ4v) is 4.13. The fourth-order valence-electron chi connectivity index (χ4n) is 3.84. The zero-order valence-corrected chi connectivity index (χ0v) is 16.7. The first-order chi connectivity index (χ1) is 14.6. The van der Waals surface area contributed by atoms with Crippen LogP contribution in [-0.2, 0) is 13.1 Å². The summed E-state index contributed by atoms with van der Waals surface area (Å²) in [5, 5.41) is 1.36. The topological polar surface area (TPSA) is 63.2 Å². The van der Waals surface area contributed by atoms with E-state index in [0.29, 0.717) is 37.0 Å². The lowest BCUT2D eigenvalue weighted by Crippen LogP contribution is -2.26. The van der Waals surface area contributed by atoms with Gasteiger partial charge in [-0.2, -0.15) is 0 Å².